The molecule has 0 fully saturated rings. The highest BCUT2D eigenvalue weighted by Crippen LogP contribution is 2.35. The van der Waals surface area contributed by atoms with Gasteiger partial charge in [-0.2, -0.15) is 0 Å². The highest BCUT2D eigenvalue weighted by molar-refractivity contribution is 7.20. The Balaban J connectivity index is 1.31. The Morgan fingerprint density at radius 3 is 1.29 bits per heavy atom. The van der Waals surface area contributed by atoms with Crippen molar-refractivity contribution in [1.82, 2.24) is 4.57 Å². The van der Waals surface area contributed by atoms with Crippen molar-refractivity contribution < 1.29 is 0 Å². The summed E-state index contributed by atoms with van der Waals surface area (Å²) < 4.78 is 2.43. The molecule has 0 aliphatic rings. The van der Waals surface area contributed by atoms with Gasteiger partial charge in [-0.05, 0) is 81.4 Å². The van der Waals surface area contributed by atoms with Gasteiger partial charge in [0.25, 0.3) is 0 Å². The molecule has 51 heavy (non-hydrogen) atoms. The van der Waals surface area contributed by atoms with Gasteiger partial charge in [-0.15, -0.1) is 0 Å². The van der Waals surface area contributed by atoms with Crippen LogP contribution in [0, 0.1) is 0 Å². The minimum atomic E-state index is -2.84. The van der Waals surface area contributed by atoms with Gasteiger partial charge in [-0.3, -0.25) is 0 Å². The highest BCUT2D eigenvalue weighted by Gasteiger charge is 2.42. The summed E-state index contributed by atoms with van der Waals surface area (Å²) >= 11 is 0. The molecule has 0 unspecified atom stereocenters. The van der Waals surface area contributed by atoms with Crippen molar-refractivity contribution in [2.24, 2.45) is 0 Å². The second kappa shape index (κ2) is 13.1. The number of benzene rings is 8. The van der Waals surface area contributed by atoms with E-state index in [-0.39, 0.29) is 0 Å². The fourth-order valence-electron chi connectivity index (χ4n) is 7.90. The Hall–Kier alpha value is -6.42. The van der Waals surface area contributed by atoms with Crippen LogP contribution in [-0.4, -0.2) is 12.6 Å². The minimum absolute atomic E-state index is 1.12. The van der Waals surface area contributed by atoms with Gasteiger partial charge in [0.2, 0.25) is 0 Å². The number of fused-ring (bicyclic) bond motifs is 3. The molecule has 0 saturated carbocycles. The van der Waals surface area contributed by atoms with E-state index < -0.39 is 8.07 Å². The maximum Gasteiger partial charge on any atom is 0.179 e. The number of hydrogen-bond acceptors (Lipinski definition) is 1. The van der Waals surface area contributed by atoms with Crippen LogP contribution in [0.25, 0.3) is 27.5 Å². The molecule has 0 N–H and O–H groups in total. The summed E-state index contributed by atoms with van der Waals surface area (Å²) in [5.41, 5.74) is 6.99. The van der Waals surface area contributed by atoms with Gasteiger partial charge >= 0.3 is 0 Å². The van der Waals surface area contributed by atoms with Crippen LogP contribution in [0.2, 0.25) is 0 Å². The molecule has 3 heteroatoms. The maximum absolute atomic E-state index is 2.84. The molecule has 1 heterocycles. The molecule has 0 radical (unpaired) electrons. The predicted molar refractivity (Wildman–Crippen MR) is 219 cm³/mol. The maximum atomic E-state index is 2.49. The van der Waals surface area contributed by atoms with Gasteiger partial charge in [0, 0.05) is 33.5 Å². The number of aromatic nitrogens is 1. The molecule has 0 saturated heterocycles. The van der Waals surface area contributed by atoms with Crippen molar-refractivity contribution in [3.05, 3.63) is 218 Å². The van der Waals surface area contributed by atoms with E-state index in [0.29, 0.717) is 0 Å². The Morgan fingerprint density at radius 2 is 0.725 bits per heavy atom. The average Bonchev–Trinajstić information content (AvgIpc) is 3.55. The normalized spacial score (nSPS) is 11.5. The van der Waals surface area contributed by atoms with E-state index in [0.717, 1.165) is 17.1 Å². The molecule has 9 aromatic rings. The number of nitrogens with zero attached hydrogens (tertiary/aromatic N) is 2. The number of para-hydroxylation sites is 4. The molecule has 2 nitrogen and oxygen atoms in total. The summed E-state index contributed by atoms with van der Waals surface area (Å²) in [6.45, 7) is 0. The van der Waals surface area contributed by atoms with Crippen molar-refractivity contribution in [1.29, 1.82) is 0 Å². The van der Waals surface area contributed by atoms with Crippen molar-refractivity contribution in [2.45, 2.75) is 0 Å². The van der Waals surface area contributed by atoms with E-state index in [1.54, 1.807) is 0 Å². The number of hydrogen-bond donors (Lipinski definition) is 0. The minimum Gasteiger partial charge on any atom is -0.311 e. The van der Waals surface area contributed by atoms with E-state index in [4.69, 9.17) is 0 Å². The lowest BCUT2D eigenvalue weighted by Gasteiger charge is -2.35. The second-order valence-corrected chi connectivity index (χ2v) is 16.8. The summed E-state index contributed by atoms with van der Waals surface area (Å²) in [6.07, 6.45) is 0. The van der Waals surface area contributed by atoms with Gasteiger partial charge in [-0.1, -0.05) is 158 Å². The number of rotatable bonds is 8. The van der Waals surface area contributed by atoms with Gasteiger partial charge in [0.1, 0.15) is 0 Å². The second-order valence-electron chi connectivity index (χ2n) is 13.0. The first-order valence-corrected chi connectivity index (χ1v) is 19.5. The third kappa shape index (κ3) is 5.27. The highest BCUT2D eigenvalue weighted by atomic mass is 28.3. The van der Waals surface area contributed by atoms with Crippen LogP contribution < -0.4 is 25.6 Å². The monoisotopic (exact) mass is 668 g/mol. The molecule has 8 aromatic carbocycles. The molecule has 1 aromatic heterocycles. The quantitative estimate of drug-likeness (QED) is 0.116. The topological polar surface area (TPSA) is 8.17 Å². The first-order valence-electron chi connectivity index (χ1n) is 17.5. The van der Waals surface area contributed by atoms with E-state index in [1.807, 2.05) is 0 Å². The standard InChI is InChI=1S/C48H36N2Si/c1-6-18-37(19-7-1)49(38-20-8-2-9-21-38)40-30-32-43(33-31-40)51(41-24-12-4-13-25-41,42-26-14-5-15-27-42)44-34-35-46-45-28-16-17-29-47(45)50(48(46)36-44)39-22-10-3-11-23-39/h1-36H. The van der Waals surface area contributed by atoms with Gasteiger partial charge in [0.15, 0.2) is 8.07 Å². The lowest BCUT2D eigenvalue weighted by atomic mass is 10.1. The Kier molecular flexibility index (Phi) is 7.88. The van der Waals surface area contributed by atoms with Gasteiger partial charge in [-0.25, -0.2) is 0 Å². The van der Waals surface area contributed by atoms with Crippen LogP contribution in [0.5, 0.6) is 0 Å². The largest absolute Gasteiger partial charge is 0.311 e. The predicted octanol–water partition coefficient (Wildman–Crippen LogP) is 9.63. The van der Waals surface area contributed by atoms with E-state index in [1.165, 1.54) is 48.2 Å². The summed E-state index contributed by atoms with van der Waals surface area (Å²) in [6, 6.07) is 79.8. The van der Waals surface area contributed by atoms with Crippen LogP contribution in [0.15, 0.2) is 218 Å². The van der Waals surface area contributed by atoms with Crippen LogP contribution in [0.1, 0.15) is 0 Å². The Labute approximate surface area is 300 Å². The molecule has 0 spiro atoms. The number of anilines is 3. The van der Waals surface area contributed by atoms with Crippen molar-refractivity contribution in [3.8, 4) is 5.69 Å². The molecular formula is C48H36N2Si. The SMILES string of the molecule is c1ccc(N(c2ccccc2)c2ccc([Si](c3ccccc3)(c3ccccc3)c3ccc4c5ccccc5n(-c5ccccc5)c4c3)cc2)cc1. The van der Waals surface area contributed by atoms with E-state index in [2.05, 4.69) is 228 Å². The lowest BCUT2D eigenvalue weighted by molar-refractivity contribution is 1.18. The third-order valence-electron chi connectivity index (χ3n) is 10.1. The van der Waals surface area contributed by atoms with Crippen molar-refractivity contribution >= 4 is 67.7 Å². The first kappa shape index (κ1) is 30.6. The molecule has 9 rings (SSSR count). The van der Waals surface area contributed by atoms with Crippen LogP contribution >= 0.6 is 0 Å². The Bertz CT molecular complexity index is 2470. The van der Waals surface area contributed by atoms with Crippen LogP contribution in [0.4, 0.5) is 17.1 Å². The third-order valence-corrected chi connectivity index (χ3v) is 14.9. The zero-order chi connectivity index (χ0) is 34.0. The van der Waals surface area contributed by atoms with Crippen LogP contribution in [0.3, 0.4) is 0 Å². The summed E-state index contributed by atoms with van der Waals surface area (Å²) in [5, 5.41) is 7.93. The molecule has 0 amide bonds. The zero-order valence-electron chi connectivity index (χ0n) is 28.2. The van der Waals surface area contributed by atoms with E-state index >= 15 is 0 Å². The summed E-state index contributed by atoms with van der Waals surface area (Å²) in [5.74, 6) is 0. The molecule has 242 valence electrons. The molecule has 0 aliphatic carbocycles. The fraction of sp³-hybridized carbons (Fsp3) is 0. The smallest absolute Gasteiger partial charge is 0.179 e. The molecular weight excluding hydrogens is 633 g/mol. The van der Waals surface area contributed by atoms with Gasteiger partial charge < -0.3 is 9.47 Å². The average molecular weight is 669 g/mol. The first-order chi connectivity index (χ1) is 25.3. The van der Waals surface area contributed by atoms with Crippen molar-refractivity contribution in [3.63, 3.8) is 0 Å². The van der Waals surface area contributed by atoms with Crippen molar-refractivity contribution in [2.75, 3.05) is 4.90 Å². The fourth-order valence-corrected chi connectivity index (χ4v) is 12.6. The summed E-state index contributed by atoms with van der Waals surface area (Å²) in [7, 11) is -2.84. The summed E-state index contributed by atoms with van der Waals surface area (Å²) in [4.78, 5) is 2.34. The Morgan fingerprint density at radius 1 is 0.314 bits per heavy atom. The lowest BCUT2D eigenvalue weighted by Crippen LogP contribution is -2.74. The van der Waals surface area contributed by atoms with Gasteiger partial charge in [0.05, 0.1) is 11.0 Å². The van der Waals surface area contributed by atoms with E-state index in [9.17, 15) is 0 Å². The van der Waals surface area contributed by atoms with Crippen LogP contribution in [-0.2, 0) is 0 Å². The zero-order valence-corrected chi connectivity index (χ0v) is 29.2. The molecule has 0 atom stereocenters. The molecule has 0 aliphatic heterocycles. The molecule has 0 bridgehead atoms.